The van der Waals surface area contributed by atoms with E-state index >= 15 is 26.3 Å². The lowest BCUT2D eigenvalue weighted by Gasteiger charge is -2.25. The number of hydrogen-bond donors (Lipinski definition) is 0. The van der Waals surface area contributed by atoms with Crippen LogP contribution in [0.3, 0.4) is 0 Å². The Balaban J connectivity index is 0.937. The molecule has 0 saturated heterocycles. The van der Waals surface area contributed by atoms with Crippen LogP contribution in [-0.4, -0.2) is 41.3 Å². The summed E-state index contributed by atoms with van der Waals surface area (Å²) in [6.07, 6.45) is -0.405. The Kier molecular flexibility index (Phi) is 13.1. The van der Waals surface area contributed by atoms with Crippen molar-refractivity contribution < 1.29 is 55.0 Å². The summed E-state index contributed by atoms with van der Waals surface area (Å²) in [6, 6.07) is 44.8. The number of alkyl halides is 6. The second kappa shape index (κ2) is 19.3. The summed E-state index contributed by atoms with van der Waals surface area (Å²) in [5, 5.41) is 0. The molecule has 1 aliphatic carbocycles. The fourth-order valence-electron chi connectivity index (χ4n) is 8.38. The zero-order chi connectivity index (χ0) is 50.2. The minimum atomic E-state index is -5.77. The number of esters is 2. The summed E-state index contributed by atoms with van der Waals surface area (Å²) in [5.74, 6) is -18.1. The summed E-state index contributed by atoms with van der Waals surface area (Å²) in [7, 11) is 0. The highest BCUT2D eigenvalue weighted by Crippen LogP contribution is 2.66. The van der Waals surface area contributed by atoms with Gasteiger partial charge >= 0.3 is 29.7 Å². The molecule has 2 heterocycles. The third-order valence-electron chi connectivity index (χ3n) is 12.0. The molecule has 356 valence electrons. The molecule has 0 aliphatic heterocycles. The average molecular weight is 997 g/mol. The molecule has 0 saturated carbocycles. The SMILES string of the molecule is Cc1sc(-c2ccc(CC(=O)Oc3ccccc3C(=O)c3ccccc3)cc2)cc1C1=C(c2cc(-c3ccc(CC(=O)Oc4ccccc4C(=O)c4ccccc4)cc3)sc2C)C(F)(F)C(F)(F)C1(F)F. The van der Waals surface area contributed by atoms with E-state index in [1.165, 1.54) is 38.1 Å². The maximum absolute atomic E-state index is 16.1. The molecular weight excluding hydrogens is 959 g/mol. The minimum absolute atomic E-state index is 0.0801. The zero-order valence-electron chi connectivity index (χ0n) is 37.6. The van der Waals surface area contributed by atoms with Gasteiger partial charge in [0.1, 0.15) is 11.5 Å². The summed E-state index contributed by atoms with van der Waals surface area (Å²) in [6.45, 7) is 2.80. The number of rotatable bonds is 14. The topological polar surface area (TPSA) is 86.7 Å². The number of carbonyl (C=O) groups is 4. The van der Waals surface area contributed by atoms with Gasteiger partial charge in [-0.2, -0.15) is 26.3 Å². The molecule has 2 aromatic heterocycles. The highest BCUT2D eigenvalue weighted by molar-refractivity contribution is 7.16. The lowest BCUT2D eigenvalue weighted by atomic mass is 9.94. The van der Waals surface area contributed by atoms with Gasteiger partial charge in [0.05, 0.1) is 24.0 Å². The summed E-state index contributed by atoms with van der Waals surface area (Å²) >= 11 is 1.93. The van der Waals surface area contributed by atoms with Crippen molar-refractivity contribution in [2.24, 2.45) is 0 Å². The molecule has 8 aromatic rings. The van der Waals surface area contributed by atoms with Crippen LogP contribution in [0.15, 0.2) is 170 Å². The maximum Gasteiger partial charge on any atom is 0.380 e. The van der Waals surface area contributed by atoms with Crippen molar-refractivity contribution in [3.63, 3.8) is 0 Å². The Morgan fingerprint density at radius 2 is 0.789 bits per heavy atom. The number of halogens is 6. The highest BCUT2D eigenvalue weighted by Gasteiger charge is 2.80. The summed E-state index contributed by atoms with van der Waals surface area (Å²) in [5.41, 5.74) is -0.692. The van der Waals surface area contributed by atoms with Gasteiger partial charge in [0.15, 0.2) is 11.6 Å². The molecule has 1 aliphatic rings. The molecule has 14 heteroatoms. The first kappa shape index (κ1) is 48.3. The van der Waals surface area contributed by atoms with E-state index in [2.05, 4.69) is 0 Å². The monoisotopic (exact) mass is 996 g/mol. The lowest BCUT2D eigenvalue weighted by molar-refractivity contribution is -0.254. The first-order valence-corrected chi connectivity index (χ1v) is 23.7. The van der Waals surface area contributed by atoms with Crippen LogP contribution < -0.4 is 9.47 Å². The average Bonchev–Trinajstić information content (AvgIpc) is 3.97. The number of benzene rings is 6. The maximum atomic E-state index is 16.1. The summed E-state index contributed by atoms with van der Waals surface area (Å²) in [4.78, 5) is 53.3. The molecule has 0 bridgehead atoms. The number of ketones is 2. The predicted octanol–water partition coefficient (Wildman–Crippen LogP) is 14.3. The first-order chi connectivity index (χ1) is 33.9. The van der Waals surface area contributed by atoms with Crippen LogP contribution in [0, 0.1) is 13.8 Å². The number of para-hydroxylation sites is 2. The minimum Gasteiger partial charge on any atom is -0.425 e. The zero-order valence-corrected chi connectivity index (χ0v) is 39.2. The van der Waals surface area contributed by atoms with Crippen LogP contribution >= 0.6 is 22.7 Å². The molecule has 71 heavy (non-hydrogen) atoms. The van der Waals surface area contributed by atoms with Gasteiger partial charge in [0.25, 0.3) is 0 Å². The smallest absolute Gasteiger partial charge is 0.380 e. The summed E-state index contributed by atoms with van der Waals surface area (Å²) < 4.78 is 106. The molecule has 0 unspecified atom stereocenters. The van der Waals surface area contributed by atoms with Crippen molar-refractivity contribution in [1.82, 2.24) is 0 Å². The number of hydrogen-bond acceptors (Lipinski definition) is 8. The highest BCUT2D eigenvalue weighted by atomic mass is 32.1. The molecule has 0 radical (unpaired) electrons. The number of aryl methyl sites for hydroxylation is 2. The van der Waals surface area contributed by atoms with Crippen LogP contribution in [0.5, 0.6) is 11.5 Å². The normalized spacial score (nSPS) is 14.5. The second-order valence-corrected chi connectivity index (χ2v) is 19.2. The third-order valence-corrected chi connectivity index (χ3v) is 14.2. The standard InChI is InChI=1S/C57H38F6O6S2/c1-33-43(31-47(70-33)37-25-21-35(22-26-37)29-49(64)68-45-19-11-9-17-41(45)53(66)39-13-5-3-6-14-39)51-52(56(60,61)57(62,63)55(51,58)59)44-32-48(71-34(44)2)38-27-23-36(24-28-38)30-50(65)69-46-20-12-10-18-42(46)54(67)40-15-7-4-8-16-40/h3-28,31-32H,29-30H2,1-2H3. The number of ether oxygens (including phenoxy) is 2. The van der Waals surface area contributed by atoms with Gasteiger partial charge in [-0.15, -0.1) is 22.7 Å². The first-order valence-electron chi connectivity index (χ1n) is 22.0. The van der Waals surface area contributed by atoms with E-state index < -0.39 is 52.0 Å². The van der Waals surface area contributed by atoms with Crippen LogP contribution in [0.2, 0.25) is 0 Å². The van der Waals surface area contributed by atoms with Gasteiger partial charge in [0, 0.05) is 41.8 Å². The number of allylic oxidation sites excluding steroid dienone is 2. The van der Waals surface area contributed by atoms with E-state index in [0.29, 0.717) is 43.1 Å². The van der Waals surface area contributed by atoms with E-state index in [1.807, 2.05) is 0 Å². The van der Waals surface area contributed by atoms with E-state index in [0.717, 1.165) is 22.7 Å². The van der Waals surface area contributed by atoms with Crippen LogP contribution in [0.4, 0.5) is 26.3 Å². The molecule has 0 spiro atoms. The lowest BCUT2D eigenvalue weighted by Crippen LogP contribution is -2.48. The van der Waals surface area contributed by atoms with Crippen molar-refractivity contribution in [3.8, 4) is 32.4 Å². The van der Waals surface area contributed by atoms with E-state index in [1.54, 1.807) is 146 Å². The van der Waals surface area contributed by atoms with Gasteiger partial charge in [0.2, 0.25) is 0 Å². The van der Waals surface area contributed by atoms with Gasteiger partial charge in [-0.1, -0.05) is 133 Å². The number of carbonyl (C=O) groups excluding carboxylic acids is 4. The predicted molar refractivity (Wildman–Crippen MR) is 262 cm³/mol. The van der Waals surface area contributed by atoms with Gasteiger partial charge < -0.3 is 9.47 Å². The van der Waals surface area contributed by atoms with Crippen molar-refractivity contribution >= 4 is 57.3 Å². The van der Waals surface area contributed by atoms with Crippen molar-refractivity contribution in [1.29, 1.82) is 0 Å². The number of thiophene rings is 2. The molecule has 6 nitrogen and oxygen atoms in total. The molecule has 0 fully saturated rings. The Morgan fingerprint density at radius 1 is 0.451 bits per heavy atom. The largest absolute Gasteiger partial charge is 0.425 e. The fourth-order valence-corrected chi connectivity index (χ4v) is 10.4. The van der Waals surface area contributed by atoms with Crippen molar-refractivity contribution in [3.05, 3.63) is 224 Å². The molecule has 0 amide bonds. The Hall–Kier alpha value is -7.68. The quantitative estimate of drug-likeness (QED) is 0.0467. The van der Waals surface area contributed by atoms with E-state index in [4.69, 9.17) is 9.47 Å². The Morgan fingerprint density at radius 3 is 1.15 bits per heavy atom. The molecule has 6 aromatic carbocycles. The molecular formula is C57H38F6O6S2. The van der Waals surface area contributed by atoms with Crippen molar-refractivity contribution in [2.75, 3.05) is 0 Å². The third kappa shape index (κ3) is 9.28. The Bertz CT molecular complexity index is 3150. The van der Waals surface area contributed by atoms with Crippen LogP contribution in [0.1, 0.15) is 63.9 Å². The van der Waals surface area contributed by atoms with Gasteiger partial charge in [-0.3, -0.25) is 19.2 Å². The van der Waals surface area contributed by atoms with Crippen molar-refractivity contribution in [2.45, 2.75) is 44.5 Å². The second-order valence-electron chi connectivity index (χ2n) is 16.7. The molecule has 9 rings (SSSR count). The van der Waals surface area contributed by atoms with Crippen LogP contribution in [0.25, 0.3) is 32.0 Å². The van der Waals surface area contributed by atoms with E-state index in [-0.39, 0.29) is 56.8 Å². The molecule has 0 N–H and O–H groups in total. The van der Waals surface area contributed by atoms with E-state index in [9.17, 15) is 19.2 Å². The molecule has 0 atom stereocenters. The Labute approximate surface area is 411 Å². The fraction of sp³-hybridized carbons (Fsp3) is 0.123. The van der Waals surface area contributed by atoms with Crippen LogP contribution in [-0.2, 0) is 22.4 Å². The van der Waals surface area contributed by atoms with Gasteiger partial charge in [-0.05, 0) is 83.6 Å². The van der Waals surface area contributed by atoms with Gasteiger partial charge in [-0.25, -0.2) is 0 Å².